The molecule has 1 aliphatic rings. The maximum Gasteiger partial charge on any atom is 0.127 e. The summed E-state index contributed by atoms with van der Waals surface area (Å²) in [6, 6.07) is 6.00. The first-order valence-corrected chi connectivity index (χ1v) is 8.19. The normalized spacial score (nSPS) is 19.1. The van der Waals surface area contributed by atoms with Gasteiger partial charge in [-0.2, -0.15) is 0 Å². The number of rotatable bonds is 8. The van der Waals surface area contributed by atoms with Crippen LogP contribution in [-0.2, 0) is 11.3 Å². The average Bonchev–Trinajstić information content (AvgIpc) is 2.55. The molecule has 0 N–H and O–H groups in total. The minimum Gasteiger partial charge on any atom is -0.496 e. The second kappa shape index (κ2) is 9.01. The van der Waals surface area contributed by atoms with Gasteiger partial charge in [0.25, 0.3) is 0 Å². The molecule has 124 valence electrons. The number of hydrogen-bond acceptors (Lipinski definition) is 4. The van der Waals surface area contributed by atoms with Crippen LogP contribution in [0.15, 0.2) is 18.2 Å². The topological polar surface area (TPSA) is 30.9 Å². The highest BCUT2D eigenvalue weighted by Gasteiger charge is 2.22. The Hall–Kier alpha value is -1.26. The molecule has 1 aliphatic heterocycles. The molecule has 0 aliphatic carbocycles. The van der Waals surface area contributed by atoms with E-state index in [1.165, 1.54) is 19.3 Å². The smallest absolute Gasteiger partial charge is 0.127 e. The zero-order chi connectivity index (χ0) is 15.8. The Bertz CT molecular complexity index is 428. The highest BCUT2D eigenvalue weighted by atomic mass is 16.5. The molecule has 0 unspecified atom stereocenters. The second-order valence-corrected chi connectivity index (χ2v) is 6.02. The van der Waals surface area contributed by atoms with Crippen LogP contribution in [0, 0.1) is 5.92 Å². The SMILES string of the molecule is COCCC[C@H]1CCCN(Cc2c(OC)cccc2OC)C1. The summed E-state index contributed by atoms with van der Waals surface area (Å²) in [6.45, 7) is 4.08. The van der Waals surface area contributed by atoms with Crippen LogP contribution in [0.2, 0.25) is 0 Å². The fraction of sp³-hybridized carbons (Fsp3) is 0.667. The summed E-state index contributed by atoms with van der Waals surface area (Å²) < 4.78 is 16.2. The fourth-order valence-corrected chi connectivity index (χ4v) is 3.35. The number of likely N-dealkylation sites (tertiary alicyclic amines) is 1. The van der Waals surface area contributed by atoms with Crippen LogP contribution in [0.3, 0.4) is 0 Å². The van der Waals surface area contributed by atoms with E-state index < -0.39 is 0 Å². The van der Waals surface area contributed by atoms with E-state index in [1.807, 2.05) is 18.2 Å². The molecule has 1 fully saturated rings. The van der Waals surface area contributed by atoms with E-state index in [9.17, 15) is 0 Å². The first-order valence-electron chi connectivity index (χ1n) is 8.19. The van der Waals surface area contributed by atoms with Gasteiger partial charge in [-0.25, -0.2) is 0 Å². The number of hydrogen-bond donors (Lipinski definition) is 0. The highest BCUT2D eigenvalue weighted by molar-refractivity contribution is 5.44. The van der Waals surface area contributed by atoms with Crippen molar-refractivity contribution < 1.29 is 14.2 Å². The van der Waals surface area contributed by atoms with Gasteiger partial charge in [0.1, 0.15) is 11.5 Å². The molecule has 22 heavy (non-hydrogen) atoms. The van der Waals surface area contributed by atoms with Crippen molar-refractivity contribution in [2.45, 2.75) is 32.2 Å². The fourth-order valence-electron chi connectivity index (χ4n) is 3.35. The second-order valence-electron chi connectivity index (χ2n) is 6.02. The van der Waals surface area contributed by atoms with Gasteiger partial charge in [0.05, 0.1) is 19.8 Å². The van der Waals surface area contributed by atoms with E-state index in [1.54, 1.807) is 21.3 Å². The number of nitrogens with zero attached hydrogens (tertiary/aromatic N) is 1. The summed E-state index contributed by atoms with van der Waals surface area (Å²) in [5.41, 5.74) is 1.16. The molecule has 4 heteroatoms. The monoisotopic (exact) mass is 307 g/mol. The summed E-state index contributed by atoms with van der Waals surface area (Å²) in [6.07, 6.45) is 5.03. The van der Waals surface area contributed by atoms with Gasteiger partial charge in [0.15, 0.2) is 0 Å². The summed E-state index contributed by atoms with van der Waals surface area (Å²) in [4.78, 5) is 2.53. The molecule has 0 radical (unpaired) electrons. The average molecular weight is 307 g/mol. The van der Waals surface area contributed by atoms with Gasteiger partial charge in [-0.3, -0.25) is 4.90 Å². The molecule has 4 nitrogen and oxygen atoms in total. The third kappa shape index (κ3) is 4.62. The molecule has 1 atom stereocenters. The molecule has 0 aromatic heterocycles. The lowest BCUT2D eigenvalue weighted by Crippen LogP contribution is -2.35. The summed E-state index contributed by atoms with van der Waals surface area (Å²) in [5.74, 6) is 2.62. The van der Waals surface area contributed by atoms with Gasteiger partial charge in [-0.1, -0.05) is 6.07 Å². The first kappa shape index (κ1) is 17.1. The number of ether oxygens (including phenoxy) is 3. The Morgan fingerprint density at radius 3 is 2.50 bits per heavy atom. The molecule has 1 heterocycles. The van der Waals surface area contributed by atoms with E-state index in [2.05, 4.69) is 4.90 Å². The molecule has 2 rings (SSSR count). The van der Waals surface area contributed by atoms with E-state index in [-0.39, 0.29) is 0 Å². The molecule has 0 saturated carbocycles. The number of piperidine rings is 1. The molecule has 0 amide bonds. The minimum atomic E-state index is 0.782. The summed E-state index contributed by atoms with van der Waals surface area (Å²) >= 11 is 0. The molecule has 1 aromatic carbocycles. The van der Waals surface area contributed by atoms with Crippen LogP contribution in [0.25, 0.3) is 0 Å². The Morgan fingerprint density at radius 1 is 1.14 bits per heavy atom. The third-order valence-electron chi connectivity index (χ3n) is 4.48. The minimum absolute atomic E-state index is 0.782. The molecule has 0 bridgehead atoms. The van der Waals surface area contributed by atoms with Crippen LogP contribution < -0.4 is 9.47 Å². The lowest BCUT2D eigenvalue weighted by atomic mass is 9.93. The zero-order valence-electron chi connectivity index (χ0n) is 14.1. The maximum absolute atomic E-state index is 5.51. The largest absolute Gasteiger partial charge is 0.496 e. The lowest BCUT2D eigenvalue weighted by molar-refractivity contribution is 0.141. The van der Waals surface area contributed by atoms with Crippen molar-refractivity contribution in [2.24, 2.45) is 5.92 Å². The standard InChI is InChI=1S/C18H29NO3/c1-20-12-6-8-15-7-5-11-19(13-15)14-16-17(21-2)9-4-10-18(16)22-3/h4,9-10,15H,5-8,11-14H2,1-3H3/t15-/m1/s1. The predicted molar refractivity (Wildman–Crippen MR) is 88.7 cm³/mol. The Balaban J connectivity index is 1.98. The van der Waals surface area contributed by atoms with Crippen molar-refractivity contribution in [3.05, 3.63) is 23.8 Å². The van der Waals surface area contributed by atoms with Gasteiger partial charge in [-0.15, -0.1) is 0 Å². The van der Waals surface area contributed by atoms with Crippen molar-refractivity contribution in [3.8, 4) is 11.5 Å². The van der Waals surface area contributed by atoms with E-state index in [0.29, 0.717) is 0 Å². The van der Waals surface area contributed by atoms with Gasteiger partial charge in [0.2, 0.25) is 0 Å². The van der Waals surface area contributed by atoms with Crippen molar-refractivity contribution in [1.82, 2.24) is 4.90 Å². The van der Waals surface area contributed by atoms with E-state index >= 15 is 0 Å². The van der Waals surface area contributed by atoms with Gasteiger partial charge in [-0.05, 0) is 50.3 Å². The molecule has 0 spiro atoms. The zero-order valence-corrected chi connectivity index (χ0v) is 14.1. The van der Waals surface area contributed by atoms with Crippen molar-refractivity contribution in [3.63, 3.8) is 0 Å². The third-order valence-corrected chi connectivity index (χ3v) is 4.48. The van der Waals surface area contributed by atoms with Crippen LogP contribution in [0.1, 0.15) is 31.2 Å². The lowest BCUT2D eigenvalue weighted by Gasteiger charge is -2.33. The van der Waals surface area contributed by atoms with Gasteiger partial charge < -0.3 is 14.2 Å². The van der Waals surface area contributed by atoms with E-state index in [4.69, 9.17) is 14.2 Å². The van der Waals surface area contributed by atoms with Crippen LogP contribution >= 0.6 is 0 Å². The van der Waals surface area contributed by atoms with E-state index in [0.717, 1.165) is 55.6 Å². The van der Waals surface area contributed by atoms with Gasteiger partial charge >= 0.3 is 0 Å². The van der Waals surface area contributed by atoms with Crippen molar-refractivity contribution >= 4 is 0 Å². The summed E-state index contributed by atoms with van der Waals surface area (Å²) in [7, 11) is 5.23. The molecular formula is C18H29NO3. The Morgan fingerprint density at radius 2 is 1.86 bits per heavy atom. The number of methoxy groups -OCH3 is 3. The Kier molecular flexibility index (Phi) is 7.00. The van der Waals surface area contributed by atoms with Crippen molar-refractivity contribution in [1.29, 1.82) is 0 Å². The quantitative estimate of drug-likeness (QED) is 0.689. The molecular weight excluding hydrogens is 278 g/mol. The molecule has 1 aromatic rings. The number of benzene rings is 1. The Labute approximate surface area is 134 Å². The summed E-state index contributed by atoms with van der Waals surface area (Å²) in [5, 5.41) is 0. The maximum atomic E-state index is 5.51. The molecule has 1 saturated heterocycles. The predicted octanol–water partition coefficient (Wildman–Crippen LogP) is 3.34. The van der Waals surface area contributed by atoms with Crippen LogP contribution in [0.4, 0.5) is 0 Å². The first-order chi connectivity index (χ1) is 10.8. The van der Waals surface area contributed by atoms with Gasteiger partial charge in [0, 0.05) is 26.8 Å². The van der Waals surface area contributed by atoms with Crippen molar-refractivity contribution in [2.75, 3.05) is 41.0 Å². The van der Waals surface area contributed by atoms with Crippen LogP contribution in [-0.4, -0.2) is 45.9 Å². The highest BCUT2D eigenvalue weighted by Crippen LogP contribution is 2.31. The van der Waals surface area contributed by atoms with Crippen LogP contribution in [0.5, 0.6) is 11.5 Å².